The molecule has 1 saturated heterocycles. The molecule has 0 radical (unpaired) electrons. The third kappa shape index (κ3) is 6.30. The topological polar surface area (TPSA) is 222 Å². The highest BCUT2D eigenvalue weighted by atomic mass is 31.3. The Labute approximate surface area is 170 Å². The number of phosphoric ester groups is 1. The fourth-order valence-electron chi connectivity index (χ4n) is 2.73. The Morgan fingerprint density at radius 1 is 1.20 bits per heavy atom. The number of rotatable bonds is 8. The summed E-state index contributed by atoms with van der Waals surface area (Å²) < 4.78 is 51.1. The van der Waals surface area contributed by atoms with Crippen molar-refractivity contribution in [3.8, 4) is 0 Å². The van der Waals surface area contributed by atoms with Crippen molar-refractivity contribution in [2.45, 2.75) is 32.3 Å². The quantitative estimate of drug-likeness (QED) is 0.253. The third-order valence-corrected chi connectivity index (χ3v) is 7.87. The van der Waals surface area contributed by atoms with Gasteiger partial charge in [0.2, 0.25) is 0 Å². The molecule has 5 atom stereocenters. The van der Waals surface area contributed by atoms with E-state index in [1.807, 2.05) is 0 Å². The Balaban J connectivity index is 2.07. The van der Waals surface area contributed by atoms with Crippen molar-refractivity contribution in [3.63, 3.8) is 0 Å². The van der Waals surface area contributed by atoms with Crippen LogP contribution in [0.3, 0.4) is 0 Å². The Morgan fingerprint density at radius 3 is 2.33 bits per heavy atom. The lowest BCUT2D eigenvalue weighted by molar-refractivity contribution is -0.0625. The van der Waals surface area contributed by atoms with E-state index in [2.05, 4.69) is 25.0 Å². The van der Waals surface area contributed by atoms with Gasteiger partial charge in [-0.05, 0) is 6.08 Å². The molecule has 0 aromatic heterocycles. The molecule has 2 aliphatic heterocycles. The van der Waals surface area contributed by atoms with Crippen LogP contribution in [0.2, 0.25) is 0 Å². The van der Waals surface area contributed by atoms with Gasteiger partial charge in [-0.3, -0.25) is 9.42 Å². The minimum absolute atomic E-state index is 0.330. The lowest BCUT2D eigenvalue weighted by Gasteiger charge is -2.36. The van der Waals surface area contributed by atoms with Crippen LogP contribution in [0, 0.1) is 5.41 Å². The van der Waals surface area contributed by atoms with Gasteiger partial charge >= 0.3 is 29.5 Å². The fourth-order valence-corrected chi connectivity index (χ4v) is 5.76. The Morgan fingerprint density at radius 2 is 1.80 bits per heavy atom. The highest BCUT2D eigenvalue weighted by molar-refractivity contribution is 7.66. The van der Waals surface area contributed by atoms with Crippen LogP contribution in [0.15, 0.2) is 24.6 Å². The van der Waals surface area contributed by atoms with Crippen LogP contribution in [-0.4, -0.2) is 60.7 Å². The molecule has 2 aliphatic rings. The average molecular weight is 494 g/mol. The summed E-state index contributed by atoms with van der Waals surface area (Å²) in [6, 6.07) is -0.596. The molecule has 2 amide bonds. The molecule has 172 valence electrons. The second kappa shape index (κ2) is 8.55. The number of amides is 2. The zero-order valence-electron chi connectivity index (χ0n) is 15.6. The largest absolute Gasteiger partial charge is 0.490 e. The molecule has 1 fully saturated rings. The van der Waals surface area contributed by atoms with Crippen LogP contribution in [0.5, 0.6) is 0 Å². The number of hydrogen-bond acceptors (Lipinski definition) is 9. The van der Waals surface area contributed by atoms with Gasteiger partial charge in [-0.1, -0.05) is 20.4 Å². The summed E-state index contributed by atoms with van der Waals surface area (Å²) in [5.74, 6) is 0. The number of nitrogens with zero attached hydrogens (tertiary/aromatic N) is 1. The highest BCUT2D eigenvalue weighted by Gasteiger charge is 2.54. The number of allylic oxidation sites excluding steroid dienone is 1. The van der Waals surface area contributed by atoms with Crippen molar-refractivity contribution in [2.24, 2.45) is 5.41 Å². The maximum absolute atomic E-state index is 12.1. The van der Waals surface area contributed by atoms with Crippen molar-refractivity contribution in [1.29, 1.82) is 0 Å². The highest BCUT2D eigenvalue weighted by Crippen LogP contribution is 2.66. The molecule has 0 saturated carbocycles. The SMILES string of the molecule is C=C1C=CN([C@@H]2O[C@H](COP(=O)(O)OP(=O)(O)OP(=O)(O)O)C(O)C2(C)C)C(=O)N1. The number of aliphatic hydroxyl groups excluding tert-OH is 1. The predicted octanol–water partition coefficient (Wildman–Crippen LogP) is 0.494. The molecule has 0 bridgehead atoms. The summed E-state index contributed by atoms with van der Waals surface area (Å²) in [4.78, 5) is 48.9. The summed E-state index contributed by atoms with van der Waals surface area (Å²) in [7, 11) is -16.6. The van der Waals surface area contributed by atoms with Crippen LogP contribution in [-0.2, 0) is 31.6 Å². The Bertz CT molecular complexity index is 883. The number of ether oxygens (including phenoxy) is 1. The van der Waals surface area contributed by atoms with E-state index in [1.54, 1.807) is 13.8 Å². The first-order chi connectivity index (χ1) is 13.4. The second-order valence-electron chi connectivity index (χ2n) is 6.86. The minimum Gasteiger partial charge on any atom is -0.390 e. The normalized spacial score (nSPS) is 30.6. The molecular formula is C12H21N2O13P3. The number of carbonyl (C=O) groups excluding carboxylic acids is 1. The molecule has 0 spiro atoms. The average Bonchev–Trinajstić information content (AvgIpc) is 2.73. The van der Waals surface area contributed by atoms with E-state index >= 15 is 0 Å². The van der Waals surface area contributed by atoms with Crippen molar-refractivity contribution in [2.75, 3.05) is 6.61 Å². The number of phosphoric acid groups is 3. The molecule has 0 aromatic carbocycles. The summed E-state index contributed by atoms with van der Waals surface area (Å²) in [5, 5.41) is 12.9. The zero-order chi connectivity index (χ0) is 23.1. The molecule has 3 unspecified atom stereocenters. The van der Waals surface area contributed by atoms with Gasteiger partial charge in [-0.2, -0.15) is 8.62 Å². The van der Waals surface area contributed by atoms with Crippen molar-refractivity contribution >= 4 is 29.5 Å². The Kier molecular flexibility index (Phi) is 7.22. The van der Waals surface area contributed by atoms with Crippen molar-refractivity contribution < 1.29 is 61.1 Å². The van der Waals surface area contributed by atoms with Gasteiger partial charge in [0.05, 0.1) is 12.7 Å². The van der Waals surface area contributed by atoms with Gasteiger partial charge in [-0.15, -0.1) is 0 Å². The van der Waals surface area contributed by atoms with Crippen molar-refractivity contribution in [3.05, 3.63) is 24.6 Å². The van der Waals surface area contributed by atoms with Crippen LogP contribution < -0.4 is 5.32 Å². The van der Waals surface area contributed by atoms with Gasteiger partial charge in [-0.25, -0.2) is 18.5 Å². The summed E-state index contributed by atoms with van der Waals surface area (Å²) >= 11 is 0. The lowest BCUT2D eigenvalue weighted by Crippen LogP contribution is -2.50. The molecule has 30 heavy (non-hydrogen) atoms. The smallest absolute Gasteiger partial charge is 0.390 e. The molecule has 2 rings (SSSR count). The van der Waals surface area contributed by atoms with Gasteiger partial charge in [0.15, 0.2) is 0 Å². The van der Waals surface area contributed by atoms with Gasteiger partial charge in [0.25, 0.3) is 0 Å². The molecular weight excluding hydrogens is 473 g/mol. The first-order valence-electron chi connectivity index (χ1n) is 8.02. The molecule has 18 heteroatoms. The third-order valence-electron chi connectivity index (χ3n) is 4.06. The number of urea groups is 1. The molecule has 6 N–H and O–H groups in total. The van der Waals surface area contributed by atoms with Gasteiger partial charge in [0, 0.05) is 17.3 Å². The van der Waals surface area contributed by atoms with E-state index in [-0.39, 0.29) is 0 Å². The van der Waals surface area contributed by atoms with E-state index in [0.29, 0.717) is 5.70 Å². The van der Waals surface area contributed by atoms with Crippen LogP contribution >= 0.6 is 23.5 Å². The molecule has 2 heterocycles. The second-order valence-corrected chi connectivity index (χ2v) is 11.3. The van der Waals surface area contributed by atoms with E-state index < -0.39 is 60.0 Å². The number of aliphatic hydroxyl groups is 1. The van der Waals surface area contributed by atoms with E-state index in [4.69, 9.17) is 19.4 Å². The summed E-state index contributed by atoms with van der Waals surface area (Å²) in [6.45, 7) is 5.82. The van der Waals surface area contributed by atoms with Crippen molar-refractivity contribution in [1.82, 2.24) is 10.2 Å². The predicted molar refractivity (Wildman–Crippen MR) is 96.9 cm³/mol. The summed E-state index contributed by atoms with van der Waals surface area (Å²) in [5.41, 5.74) is -0.762. The molecule has 0 aromatic rings. The zero-order valence-corrected chi connectivity index (χ0v) is 18.3. The van der Waals surface area contributed by atoms with E-state index in [1.165, 1.54) is 12.3 Å². The summed E-state index contributed by atoms with van der Waals surface area (Å²) in [6.07, 6.45) is -0.814. The van der Waals surface area contributed by atoms with Gasteiger partial charge in [0.1, 0.15) is 12.3 Å². The monoisotopic (exact) mass is 494 g/mol. The molecule has 0 aliphatic carbocycles. The number of hydrogen-bond donors (Lipinski definition) is 6. The first-order valence-corrected chi connectivity index (χ1v) is 12.5. The van der Waals surface area contributed by atoms with E-state index in [9.17, 15) is 28.5 Å². The standard InChI is InChI=1S/C12H21N2O13P3/c1-7-4-5-14(11(16)13-7)10-12(2,3)9(15)8(25-10)6-24-29(20,21)27-30(22,23)26-28(17,18)19/h4-5,8-10,15H,1,6H2,2-3H3,(H,13,16)(H,20,21)(H,22,23)(H2,17,18,19)/t8-,9?,10-/m1/s1. The lowest BCUT2D eigenvalue weighted by atomic mass is 9.84. The number of carbonyl (C=O) groups is 1. The fraction of sp³-hybridized carbons (Fsp3) is 0.583. The maximum atomic E-state index is 12.1. The first kappa shape index (κ1) is 25.3. The van der Waals surface area contributed by atoms with Crippen LogP contribution in [0.4, 0.5) is 4.79 Å². The van der Waals surface area contributed by atoms with Crippen LogP contribution in [0.25, 0.3) is 0 Å². The van der Waals surface area contributed by atoms with Crippen LogP contribution in [0.1, 0.15) is 13.8 Å². The number of nitrogens with one attached hydrogen (secondary N) is 1. The Hall–Kier alpha value is -0.920. The molecule has 15 nitrogen and oxygen atoms in total. The maximum Gasteiger partial charge on any atom is 0.490 e. The van der Waals surface area contributed by atoms with Gasteiger partial charge < -0.3 is 34.7 Å². The van der Waals surface area contributed by atoms with E-state index in [0.717, 1.165) is 4.90 Å². The minimum atomic E-state index is -5.67.